The van der Waals surface area contributed by atoms with E-state index in [-0.39, 0.29) is 17.6 Å². The largest absolute Gasteiger partial charge is 0.384 e. The van der Waals surface area contributed by atoms with E-state index < -0.39 is 11.4 Å². The monoisotopic (exact) mass is 226 g/mol. The molecule has 1 heterocycles. The zero-order valence-corrected chi connectivity index (χ0v) is 10.2. The quantitative estimate of drug-likeness (QED) is 0.826. The first-order valence-corrected chi connectivity index (χ1v) is 5.30. The van der Waals surface area contributed by atoms with E-state index in [9.17, 15) is 9.50 Å². The molecule has 0 fully saturated rings. The van der Waals surface area contributed by atoms with E-state index in [1.165, 1.54) is 12.3 Å². The molecule has 0 aliphatic heterocycles. The number of hydrogen-bond donors (Lipinski definition) is 2. The van der Waals surface area contributed by atoms with Crippen LogP contribution in [-0.4, -0.2) is 22.2 Å². The highest BCUT2D eigenvalue weighted by atomic mass is 19.1. The van der Waals surface area contributed by atoms with Crippen LogP contribution >= 0.6 is 0 Å². The summed E-state index contributed by atoms with van der Waals surface area (Å²) in [5.41, 5.74) is -1.09. The van der Waals surface area contributed by atoms with Gasteiger partial charge in [0.05, 0.1) is 6.20 Å². The molecule has 0 spiro atoms. The predicted molar refractivity (Wildman–Crippen MR) is 61.5 cm³/mol. The third-order valence-electron chi connectivity index (χ3n) is 2.32. The number of nitrogens with zero attached hydrogens (tertiary/aromatic N) is 1. The van der Waals surface area contributed by atoms with E-state index in [1.807, 2.05) is 20.8 Å². The maximum atomic E-state index is 13.5. The number of β-amino-alcohol motifs (C(OH)–C–C–N with tert-alkyl or cyclic N) is 1. The van der Waals surface area contributed by atoms with Crippen LogP contribution in [0.15, 0.2) is 18.5 Å². The first-order valence-electron chi connectivity index (χ1n) is 5.30. The van der Waals surface area contributed by atoms with Gasteiger partial charge in [-0.2, -0.15) is 0 Å². The zero-order valence-electron chi connectivity index (χ0n) is 10.2. The van der Waals surface area contributed by atoms with Gasteiger partial charge >= 0.3 is 0 Å². The molecule has 1 unspecified atom stereocenters. The minimum atomic E-state index is -1.24. The van der Waals surface area contributed by atoms with Gasteiger partial charge in [-0.15, -0.1) is 0 Å². The highest BCUT2D eigenvalue weighted by molar-refractivity contribution is 5.20. The van der Waals surface area contributed by atoms with E-state index in [0.29, 0.717) is 0 Å². The van der Waals surface area contributed by atoms with Crippen LogP contribution in [0.5, 0.6) is 0 Å². The molecule has 4 heteroatoms. The fourth-order valence-corrected chi connectivity index (χ4v) is 1.34. The third kappa shape index (κ3) is 3.54. The second kappa shape index (κ2) is 4.47. The van der Waals surface area contributed by atoms with Crippen molar-refractivity contribution in [3.05, 3.63) is 29.8 Å². The van der Waals surface area contributed by atoms with Gasteiger partial charge in [-0.25, -0.2) is 4.39 Å². The lowest BCUT2D eigenvalue weighted by Gasteiger charge is -2.29. The van der Waals surface area contributed by atoms with Crippen molar-refractivity contribution >= 4 is 0 Å². The number of pyridine rings is 1. The fraction of sp³-hybridized carbons (Fsp3) is 0.583. The molecule has 1 aromatic rings. The molecule has 0 saturated heterocycles. The van der Waals surface area contributed by atoms with E-state index in [4.69, 9.17) is 0 Å². The Morgan fingerprint density at radius 3 is 2.50 bits per heavy atom. The van der Waals surface area contributed by atoms with Crippen LogP contribution in [0.3, 0.4) is 0 Å². The Morgan fingerprint density at radius 1 is 1.38 bits per heavy atom. The summed E-state index contributed by atoms with van der Waals surface area (Å²) in [4.78, 5) is 3.66. The number of nitrogens with one attached hydrogen (secondary N) is 1. The Bertz CT molecular complexity index is 358. The average molecular weight is 226 g/mol. The molecule has 90 valence electrons. The van der Waals surface area contributed by atoms with Crippen LogP contribution in [0.25, 0.3) is 0 Å². The van der Waals surface area contributed by atoms with Crippen LogP contribution in [0, 0.1) is 5.82 Å². The van der Waals surface area contributed by atoms with Gasteiger partial charge < -0.3 is 10.4 Å². The molecule has 0 amide bonds. The van der Waals surface area contributed by atoms with Crippen molar-refractivity contribution in [3.63, 3.8) is 0 Å². The first kappa shape index (κ1) is 13.1. The van der Waals surface area contributed by atoms with Gasteiger partial charge in [0.25, 0.3) is 0 Å². The van der Waals surface area contributed by atoms with Crippen molar-refractivity contribution in [1.82, 2.24) is 10.3 Å². The van der Waals surface area contributed by atoms with E-state index in [2.05, 4.69) is 10.3 Å². The SMILES string of the molecule is CC(C)(C)NCC(C)(O)c1ccncc1F. The summed E-state index contributed by atoms with van der Waals surface area (Å²) >= 11 is 0. The van der Waals surface area contributed by atoms with Gasteiger partial charge in [0.1, 0.15) is 11.4 Å². The second-order valence-corrected chi connectivity index (χ2v) is 5.23. The molecule has 0 bridgehead atoms. The Kier molecular flexibility index (Phi) is 3.65. The number of halogens is 1. The summed E-state index contributed by atoms with van der Waals surface area (Å²) in [5, 5.41) is 13.4. The van der Waals surface area contributed by atoms with Crippen molar-refractivity contribution in [2.45, 2.75) is 38.8 Å². The summed E-state index contributed by atoms with van der Waals surface area (Å²) in [6, 6.07) is 1.50. The summed E-state index contributed by atoms with van der Waals surface area (Å²) in [6.07, 6.45) is 2.59. The van der Waals surface area contributed by atoms with Gasteiger partial charge in [0, 0.05) is 23.8 Å². The van der Waals surface area contributed by atoms with Crippen molar-refractivity contribution in [3.8, 4) is 0 Å². The van der Waals surface area contributed by atoms with Gasteiger partial charge in [0.15, 0.2) is 0 Å². The Labute approximate surface area is 95.7 Å². The number of hydrogen-bond acceptors (Lipinski definition) is 3. The van der Waals surface area contributed by atoms with E-state index >= 15 is 0 Å². The smallest absolute Gasteiger partial charge is 0.147 e. The van der Waals surface area contributed by atoms with Crippen molar-refractivity contribution in [2.75, 3.05) is 6.54 Å². The maximum Gasteiger partial charge on any atom is 0.147 e. The Balaban J connectivity index is 2.82. The molecule has 2 N–H and O–H groups in total. The van der Waals surface area contributed by atoms with Gasteiger partial charge in [-0.05, 0) is 33.8 Å². The lowest BCUT2D eigenvalue weighted by molar-refractivity contribution is 0.0465. The molecule has 1 rings (SSSR count). The molecule has 0 saturated carbocycles. The second-order valence-electron chi connectivity index (χ2n) is 5.23. The minimum absolute atomic E-state index is 0.118. The topological polar surface area (TPSA) is 45.1 Å². The van der Waals surface area contributed by atoms with E-state index in [0.717, 1.165) is 6.20 Å². The third-order valence-corrected chi connectivity index (χ3v) is 2.32. The first-order chi connectivity index (χ1) is 7.22. The van der Waals surface area contributed by atoms with Crippen molar-refractivity contribution in [1.29, 1.82) is 0 Å². The van der Waals surface area contributed by atoms with Gasteiger partial charge in [-0.1, -0.05) is 0 Å². The summed E-state index contributed by atoms with van der Waals surface area (Å²) < 4.78 is 13.5. The highest BCUT2D eigenvalue weighted by Gasteiger charge is 2.27. The Hall–Kier alpha value is -1.00. The van der Waals surface area contributed by atoms with Crippen LogP contribution in [0.2, 0.25) is 0 Å². The van der Waals surface area contributed by atoms with Crippen LogP contribution in [0.4, 0.5) is 4.39 Å². The summed E-state index contributed by atoms with van der Waals surface area (Å²) in [7, 11) is 0. The normalized spacial score (nSPS) is 15.9. The molecule has 1 atom stereocenters. The Morgan fingerprint density at radius 2 is 2.00 bits per heavy atom. The molecule has 0 aromatic carbocycles. The molecular formula is C12H19FN2O. The van der Waals surface area contributed by atoms with Crippen LogP contribution in [-0.2, 0) is 5.60 Å². The average Bonchev–Trinajstić information content (AvgIpc) is 2.14. The fourth-order valence-electron chi connectivity index (χ4n) is 1.34. The molecular weight excluding hydrogens is 207 g/mol. The summed E-state index contributed by atoms with van der Waals surface area (Å²) in [5.74, 6) is -0.483. The summed E-state index contributed by atoms with van der Waals surface area (Å²) in [6.45, 7) is 7.85. The zero-order chi connectivity index (χ0) is 12.4. The minimum Gasteiger partial charge on any atom is -0.384 e. The number of rotatable bonds is 3. The molecule has 0 aliphatic carbocycles. The van der Waals surface area contributed by atoms with E-state index in [1.54, 1.807) is 6.92 Å². The molecule has 3 nitrogen and oxygen atoms in total. The van der Waals surface area contributed by atoms with Crippen LogP contribution < -0.4 is 5.32 Å². The highest BCUT2D eigenvalue weighted by Crippen LogP contribution is 2.22. The number of aromatic nitrogens is 1. The number of aliphatic hydroxyl groups is 1. The lowest BCUT2D eigenvalue weighted by Crippen LogP contribution is -2.45. The standard InChI is InChI=1S/C12H19FN2O/c1-11(2,3)15-8-12(4,16)9-5-6-14-7-10(9)13/h5-7,15-16H,8H2,1-4H3. The molecule has 1 aromatic heterocycles. The van der Waals surface area contributed by atoms with Crippen molar-refractivity contribution in [2.24, 2.45) is 0 Å². The van der Waals surface area contributed by atoms with Crippen molar-refractivity contribution < 1.29 is 9.50 Å². The van der Waals surface area contributed by atoms with Crippen LogP contribution in [0.1, 0.15) is 33.3 Å². The molecule has 16 heavy (non-hydrogen) atoms. The predicted octanol–water partition coefficient (Wildman–Crippen LogP) is 1.82. The molecule has 0 aliphatic rings. The maximum absolute atomic E-state index is 13.5. The lowest BCUT2D eigenvalue weighted by atomic mass is 9.95. The van der Waals surface area contributed by atoms with Gasteiger partial charge in [0.2, 0.25) is 0 Å². The molecule has 0 radical (unpaired) electrons. The van der Waals surface area contributed by atoms with Gasteiger partial charge in [-0.3, -0.25) is 4.98 Å².